The molecule has 3 aromatic rings. The second-order valence-corrected chi connectivity index (χ2v) is 8.45. The molecule has 8 heteroatoms. The maximum atomic E-state index is 13.4. The van der Waals surface area contributed by atoms with Crippen molar-refractivity contribution in [2.75, 3.05) is 13.7 Å². The van der Waals surface area contributed by atoms with E-state index in [1.54, 1.807) is 43.1 Å². The first-order valence-corrected chi connectivity index (χ1v) is 11.1. The number of amides is 1. The minimum Gasteiger partial charge on any atom is -0.462 e. The lowest BCUT2D eigenvalue weighted by atomic mass is 10.2. The molecular formula is C23H26FN3O3S. The first-order valence-electron chi connectivity index (χ1n) is 10.2. The van der Waals surface area contributed by atoms with Crippen molar-refractivity contribution in [3.05, 3.63) is 59.4 Å². The fourth-order valence-corrected chi connectivity index (χ4v) is 4.45. The lowest BCUT2D eigenvalue weighted by molar-refractivity contribution is -0.129. The molecule has 0 N–H and O–H groups in total. The van der Waals surface area contributed by atoms with E-state index in [1.807, 2.05) is 24.5 Å². The molecule has 164 valence electrons. The van der Waals surface area contributed by atoms with Crippen LogP contribution in [0, 0.1) is 5.82 Å². The first kappa shape index (κ1) is 22.8. The Labute approximate surface area is 185 Å². The number of nitrogens with zero attached hydrogens (tertiary/aromatic N) is 3. The minimum atomic E-state index is -0.384. The number of carbonyl (C=O) groups is 2. The SMILES string of the molecule is CCOC(=O)c1ccc2c(c1)nc(SC(C)C(=O)N(C)Cc1cccc(F)c1)n2CC. The topological polar surface area (TPSA) is 64.4 Å². The maximum absolute atomic E-state index is 13.4. The molecule has 6 nitrogen and oxygen atoms in total. The van der Waals surface area contributed by atoms with Crippen LogP contribution in [-0.2, 0) is 22.6 Å². The van der Waals surface area contributed by atoms with Gasteiger partial charge < -0.3 is 14.2 Å². The van der Waals surface area contributed by atoms with Crippen LogP contribution >= 0.6 is 11.8 Å². The highest BCUT2D eigenvalue weighted by Gasteiger charge is 2.22. The van der Waals surface area contributed by atoms with Crippen molar-refractivity contribution in [1.82, 2.24) is 14.5 Å². The molecule has 0 fully saturated rings. The molecular weight excluding hydrogens is 417 g/mol. The summed E-state index contributed by atoms with van der Waals surface area (Å²) in [5.74, 6) is -0.775. The summed E-state index contributed by atoms with van der Waals surface area (Å²) < 4.78 is 20.5. The van der Waals surface area contributed by atoms with Crippen LogP contribution in [0.5, 0.6) is 0 Å². The molecule has 1 amide bonds. The van der Waals surface area contributed by atoms with E-state index in [0.29, 0.717) is 35.9 Å². The average Bonchev–Trinajstić information content (AvgIpc) is 3.09. The van der Waals surface area contributed by atoms with Gasteiger partial charge in [-0.25, -0.2) is 14.2 Å². The maximum Gasteiger partial charge on any atom is 0.338 e. The molecule has 0 saturated heterocycles. The highest BCUT2D eigenvalue weighted by atomic mass is 32.2. The van der Waals surface area contributed by atoms with Crippen LogP contribution < -0.4 is 0 Å². The number of hydrogen-bond donors (Lipinski definition) is 0. The predicted molar refractivity (Wildman–Crippen MR) is 120 cm³/mol. The normalized spacial score (nSPS) is 12.0. The number of rotatable bonds is 8. The number of benzene rings is 2. The van der Waals surface area contributed by atoms with Gasteiger partial charge in [-0.2, -0.15) is 0 Å². The monoisotopic (exact) mass is 443 g/mol. The Balaban J connectivity index is 1.77. The van der Waals surface area contributed by atoms with Crippen molar-refractivity contribution in [3.8, 4) is 0 Å². The van der Waals surface area contributed by atoms with E-state index in [0.717, 1.165) is 11.1 Å². The van der Waals surface area contributed by atoms with Crippen molar-refractivity contribution in [1.29, 1.82) is 0 Å². The Morgan fingerprint density at radius 2 is 2.00 bits per heavy atom. The average molecular weight is 444 g/mol. The van der Waals surface area contributed by atoms with Gasteiger partial charge in [0.1, 0.15) is 5.82 Å². The van der Waals surface area contributed by atoms with Crippen LogP contribution in [0.25, 0.3) is 11.0 Å². The van der Waals surface area contributed by atoms with E-state index in [2.05, 4.69) is 4.98 Å². The van der Waals surface area contributed by atoms with E-state index in [9.17, 15) is 14.0 Å². The summed E-state index contributed by atoms with van der Waals surface area (Å²) in [7, 11) is 1.71. The van der Waals surface area contributed by atoms with E-state index in [4.69, 9.17) is 4.74 Å². The number of hydrogen-bond acceptors (Lipinski definition) is 5. The fraction of sp³-hybridized carbons (Fsp3) is 0.348. The highest BCUT2D eigenvalue weighted by molar-refractivity contribution is 8.00. The van der Waals surface area contributed by atoms with Crippen LogP contribution in [0.4, 0.5) is 4.39 Å². The quantitative estimate of drug-likeness (QED) is 0.379. The molecule has 0 spiro atoms. The van der Waals surface area contributed by atoms with Crippen LogP contribution in [0.1, 0.15) is 36.7 Å². The predicted octanol–water partition coefficient (Wildman–Crippen LogP) is 4.51. The summed E-state index contributed by atoms with van der Waals surface area (Å²) in [5, 5.41) is 0.323. The summed E-state index contributed by atoms with van der Waals surface area (Å²) >= 11 is 1.37. The van der Waals surface area contributed by atoms with Crippen molar-refractivity contribution < 1.29 is 18.7 Å². The largest absolute Gasteiger partial charge is 0.462 e. The number of thioether (sulfide) groups is 1. The van der Waals surface area contributed by atoms with Gasteiger partial charge in [0.25, 0.3) is 0 Å². The number of aryl methyl sites for hydroxylation is 1. The highest BCUT2D eigenvalue weighted by Crippen LogP contribution is 2.29. The summed E-state index contributed by atoms with van der Waals surface area (Å²) in [6, 6.07) is 11.5. The van der Waals surface area contributed by atoms with Crippen LogP contribution in [0.3, 0.4) is 0 Å². The third-order valence-electron chi connectivity index (χ3n) is 4.86. The number of aromatic nitrogens is 2. The van der Waals surface area contributed by atoms with E-state index >= 15 is 0 Å². The van der Waals surface area contributed by atoms with Gasteiger partial charge in [-0.05, 0) is 56.7 Å². The number of esters is 1. The standard InChI is InChI=1S/C23H26FN3O3S/c1-5-27-20-11-10-17(22(29)30-6-2)13-19(20)25-23(27)31-15(3)21(28)26(4)14-16-8-7-9-18(24)12-16/h7-13,15H,5-6,14H2,1-4H3. The van der Waals surface area contributed by atoms with Crippen molar-refractivity contribution >= 4 is 34.7 Å². The zero-order valence-electron chi connectivity index (χ0n) is 18.1. The zero-order chi connectivity index (χ0) is 22.5. The minimum absolute atomic E-state index is 0.0730. The Kier molecular flexibility index (Phi) is 7.33. The molecule has 1 atom stereocenters. The molecule has 0 aliphatic carbocycles. The molecule has 3 rings (SSSR count). The molecule has 1 unspecified atom stereocenters. The third-order valence-corrected chi connectivity index (χ3v) is 5.93. The number of imidazole rings is 1. The number of ether oxygens (including phenoxy) is 1. The summed E-state index contributed by atoms with van der Waals surface area (Å²) in [4.78, 5) is 31.2. The Hall–Kier alpha value is -2.87. The lowest BCUT2D eigenvalue weighted by Crippen LogP contribution is -2.33. The van der Waals surface area contributed by atoms with Crippen molar-refractivity contribution in [2.24, 2.45) is 0 Å². The van der Waals surface area contributed by atoms with Gasteiger partial charge in [0.05, 0.1) is 28.5 Å². The van der Waals surface area contributed by atoms with E-state index in [-0.39, 0.29) is 22.9 Å². The molecule has 2 aromatic carbocycles. The molecule has 0 aliphatic heterocycles. The molecule has 0 aliphatic rings. The van der Waals surface area contributed by atoms with Crippen LogP contribution in [0.2, 0.25) is 0 Å². The van der Waals surface area contributed by atoms with Crippen molar-refractivity contribution in [3.63, 3.8) is 0 Å². The summed E-state index contributed by atoms with van der Waals surface area (Å²) in [6.07, 6.45) is 0. The van der Waals surface area contributed by atoms with Gasteiger partial charge in [-0.15, -0.1) is 0 Å². The Morgan fingerprint density at radius 1 is 1.23 bits per heavy atom. The van der Waals surface area contributed by atoms with Crippen LogP contribution in [-0.4, -0.2) is 45.2 Å². The lowest BCUT2D eigenvalue weighted by Gasteiger charge is -2.21. The van der Waals surface area contributed by atoms with Crippen molar-refractivity contribution in [2.45, 2.75) is 44.3 Å². The van der Waals surface area contributed by atoms with Gasteiger partial charge in [0, 0.05) is 20.1 Å². The van der Waals surface area contributed by atoms with E-state index in [1.165, 1.54) is 23.9 Å². The Morgan fingerprint density at radius 3 is 2.68 bits per heavy atom. The van der Waals surface area contributed by atoms with Gasteiger partial charge in [0.2, 0.25) is 5.91 Å². The summed E-state index contributed by atoms with van der Waals surface area (Å²) in [5.41, 5.74) is 2.76. The van der Waals surface area contributed by atoms with Gasteiger partial charge in [0.15, 0.2) is 5.16 Å². The molecule has 31 heavy (non-hydrogen) atoms. The van der Waals surface area contributed by atoms with Gasteiger partial charge in [-0.3, -0.25) is 4.79 Å². The van der Waals surface area contributed by atoms with Gasteiger partial charge in [-0.1, -0.05) is 23.9 Å². The number of carbonyl (C=O) groups excluding carboxylic acids is 2. The Bertz CT molecular complexity index is 1100. The zero-order valence-corrected chi connectivity index (χ0v) is 18.9. The summed E-state index contributed by atoms with van der Waals surface area (Å²) in [6.45, 7) is 6.92. The van der Waals surface area contributed by atoms with Crippen LogP contribution in [0.15, 0.2) is 47.6 Å². The van der Waals surface area contributed by atoms with E-state index < -0.39 is 0 Å². The fourth-order valence-electron chi connectivity index (χ4n) is 3.35. The number of halogens is 1. The molecule has 1 aromatic heterocycles. The second-order valence-electron chi connectivity index (χ2n) is 7.15. The smallest absolute Gasteiger partial charge is 0.338 e. The molecule has 0 bridgehead atoms. The second kappa shape index (κ2) is 9.96. The molecule has 1 heterocycles. The number of fused-ring (bicyclic) bond motifs is 1. The molecule has 0 radical (unpaired) electrons. The first-order chi connectivity index (χ1) is 14.8. The third kappa shape index (κ3) is 5.25. The molecule has 0 saturated carbocycles. The van der Waals surface area contributed by atoms with Gasteiger partial charge >= 0.3 is 5.97 Å².